The molecule has 2 rings (SSSR count). The molecule has 1 aromatic rings. The van der Waals surface area contributed by atoms with Crippen LogP contribution in [0.15, 0.2) is 18.2 Å². The first-order valence-electron chi connectivity index (χ1n) is 4.91. The molecular weight excluding hydrogens is 203 g/mol. The SMILES string of the molecule is N[C@H]1CCc2ccc(C(F)(F)F)cc2C1. The molecule has 0 saturated carbocycles. The fraction of sp³-hybridized carbons (Fsp3) is 0.455. The van der Waals surface area contributed by atoms with Crippen molar-refractivity contribution in [2.24, 2.45) is 5.73 Å². The van der Waals surface area contributed by atoms with Crippen LogP contribution in [-0.4, -0.2) is 6.04 Å². The third kappa shape index (κ3) is 2.15. The number of nitrogens with two attached hydrogens (primary N) is 1. The normalized spacial score (nSPS) is 21.2. The third-order valence-electron chi connectivity index (χ3n) is 2.80. The molecule has 0 radical (unpaired) electrons. The molecule has 0 bridgehead atoms. The second-order valence-corrected chi connectivity index (χ2v) is 3.98. The molecule has 0 unspecified atom stereocenters. The van der Waals surface area contributed by atoms with Crippen molar-refractivity contribution in [1.82, 2.24) is 0 Å². The maximum absolute atomic E-state index is 12.4. The van der Waals surface area contributed by atoms with E-state index in [1.807, 2.05) is 0 Å². The molecule has 1 aliphatic carbocycles. The Labute approximate surface area is 86.1 Å². The van der Waals surface area contributed by atoms with Crippen LogP contribution in [0.4, 0.5) is 13.2 Å². The zero-order valence-corrected chi connectivity index (χ0v) is 8.14. The van der Waals surface area contributed by atoms with E-state index < -0.39 is 11.7 Å². The van der Waals surface area contributed by atoms with Gasteiger partial charge in [0.05, 0.1) is 5.56 Å². The van der Waals surface area contributed by atoms with Gasteiger partial charge < -0.3 is 5.73 Å². The Morgan fingerprint density at radius 3 is 2.60 bits per heavy atom. The fourth-order valence-corrected chi connectivity index (χ4v) is 1.96. The van der Waals surface area contributed by atoms with Gasteiger partial charge in [-0.1, -0.05) is 6.07 Å². The molecule has 0 heterocycles. The molecule has 15 heavy (non-hydrogen) atoms. The molecule has 0 saturated heterocycles. The fourth-order valence-electron chi connectivity index (χ4n) is 1.96. The second kappa shape index (κ2) is 3.52. The van der Waals surface area contributed by atoms with E-state index in [1.165, 1.54) is 6.07 Å². The predicted molar refractivity (Wildman–Crippen MR) is 51.4 cm³/mol. The highest BCUT2D eigenvalue weighted by Crippen LogP contribution is 2.32. The first kappa shape index (κ1) is 10.5. The van der Waals surface area contributed by atoms with E-state index in [9.17, 15) is 13.2 Å². The second-order valence-electron chi connectivity index (χ2n) is 3.98. The van der Waals surface area contributed by atoms with E-state index >= 15 is 0 Å². The van der Waals surface area contributed by atoms with E-state index in [0.29, 0.717) is 6.42 Å². The van der Waals surface area contributed by atoms with Crippen LogP contribution < -0.4 is 5.73 Å². The van der Waals surface area contributed by atoms with E-state index in [-0.39, 0.29) is 6.04 Å². The zero-order chi connectivity index (χ0) is 11.1. The number of hydrogen-bond donors (Lipinski definition) is 1. The summed E-state index contributed by atoms with van der Waals surface area (Å²) in [5.41, 5.74) is 6.91. The summed E-state index contributed by atoms with van der Waals surface area (Å²) in [5.74, 6) is 0. The van der Waals surface area contributed by atoms with Gasteiger partial charge in [0, 0.05) is 6.04 Å². The summed E-state index contributed by atoms with van der Waals surface area (Å²) in [6.45, 7) is 0. The third-order valence-corrected chi connectivity index (χ3v) is 2.80. The number of benzene rings is 1. The largest absolute Gasteiger partial charge is 0.416 e. The highest BCUT2D eigenvalue weighted by Gasteiger charge is 2.31. The van der Waals surface area contributed by atoms with Gasteiger partial charge in [-0.15, -0.1) is 0 Å². The van der Waals surface area contributed by atoms with Crippen LogP contribution in [0.3, 0.4) is 0 Å². The van der Waals surface area contributed by atoms with Gasteiger partial charge in [-0.3, -0.25) is 0 Å². The number of fused-ring (bicyclic) bond motifs is 1. The molecule has 0 fully saturated rings. The number of hydrogen-bond acceptors (Lipinski definition) is 1. The van der Waals surface area contributed by atoms with Gasteiger partial charge in [0.1, 0.15) is 0 Å². The molecule has 1 aliphatic rings. The van der Waals surface area contributed by atoms with Gasteiger partial charge in [0.2, 0.25) is 0 Å². The van der Waals surface area contributed by atoms with E-state index in [2.05, 4.69) is 0 Å². The first-order valence-corrected chi connectivity index (χ1v) is 4.91. The van der Waals surface area contributed by atoms with Gasteiger partial charge in [-0.25, -0.2) is 0 Å². The Kier molecular flexibility index (Phi) is 2.46. The van der Waals surface area contributed by atoms with Gasteiger partial charge >= 0.3 is 6.18 Å². The van der Waals surface area contributed by atoms with Crippen LogP contribution in [0.25, 0.3) is 0 Å². The van der Waals surface area contributed by atoms with E-state index in [0.717, 1.165) is 30.0 Å². The summed E-state index contributed by atoms with van der Waals surface area (Å²) in [5, 5.41) is 0. The lowest BCUT2D eigenvalue weighted by atomic mass is 9.87. The topological polar surface area (TPSA) is 26.0 Å². The van der Waals surface area contributed by atoms with Crippen molar-refractivity contribution in [1.29, 1.82) is 0 Å². The minimum atomic E-state index is -4.25. The van der Waals surface area contributed by atoms with Crippen molar-refractivity contribution in [3.63, 3.8) is 0 Å². The van der Waals surface area contributed by atoms with Crippen molar-refractivity contribution in [2.75, 3.05) is 0 Å². The van der Waals surface area contributed by atoms with Gasteiger partial charge in [0.25, 0.3) is 0 Å². The van der Waals surface area contributed by atoms with Crippen molar-refractivity contribution in [2.45, 2.75) is 31.5 Å². The quantitative estimate of drug-likeness (QED) is 0.707. The summed E-state index contributed by atoms with van der Waals surface area (Å²) in [7, 11) is 0. The van der Waals surface area contributed by atoms with Crippen LogP contribution in [0.5, 0.6) is 0 Å². The van der Waals surface area contributed by atoms with Crippen molar-refractivity contribution < 1.29 is 13.2 Å². The molecular formula is C11H12F3N. The average molecular weight is 215 g/mol. The lowest BCUT2D eigenvalue weighted by molar-refractivity contribution is -0.137. The predicted octanol–water partition coefficient (Wildman–Crippen LogP) is 2.52. The first-order chi connectivity index (χ1) is 6.97. The Morgan fingerprint density at radius 1 is 1.20 bits per heavy atom. The Hall–Kier alpha value is -1.03. The minimum absolute atomic E-state index is 0.000911. The molecule has 1 atom stereocenters. The summed E-state index contributed by atoms with van der Waals surface area (Å²) >= 11 is 0. The summed E-state index contributed by atoms with van der Waals surface area (Å²) < 4.78 is 37.3. The smallest absolute Gasteiger partial charge is 0.327 e. The van der Waals surface area contributed by atoms with Crippen LogP contribution >= 0.6 is 0 Å². The van der Waals surface area contributed by atoms with E-state index in [4.69, 9.17) is 5.73 Å². The molecule has 0 aromatic heterocycles. The van der Waals surface area contributed by atoms with E-state index in [1.54, 1.807) is 6.07 Å². The number of halogens is 3. The van der Waals surface area contributed by atoms with Crippen LogP contribution in [-0.2, 0) is 19.0 Å². The average Bonchev–Trinajstić information content (AvgIpc) is 2.15. The van der Waals surface area contributed by atoms with Crippen molar-refractivity contribution >= 4 is 0 Å². The Balaban J connectivity index is 2.37. The standard InChI is InChI=1S/C11H12F3N/c12-11(13,14)9-3-1-7-2-4-10(15)6-8(7)5-9/h1,3,5,10H,2,4,6,15H2/t10-/m0/s1. The maximum atomic E-state index is 12.4. The van der Waals surface area contributed by atoms with Gasteiger partial charge in [0.15, 0.2) is 0 Å². The lowest BCUT2D eigenvalue weighted by Crippen LogP contribution is -2.28. The molecule has 82 valence electrons. The van der Waals surface area contributed by atoms with Crippen molar-refractivity contribution in [3.05, 3.63) is 34.9 Å². The molecule has 1 aromatic carbocycles. The Bertz CT molecular complexity index is 371. The van der Waals surface area contributed by atoms with Crippen molar-refractivity contribution in [3.8, 4) is 0 Å². The van der Waals surface area contributed by atoms with Gasteiger partial charge in [-0.05, 0) is 42.5 Å². The molecule has 1 nitrogen and oxygen atoms in total. The molecule has 0 spiro atoms. The molecule has 4 heteroatoms. The molecule has 2 N–H and O–H groups in total. The Morgan fingerprint density at radius 2 is 1.93 bits per heavy atom. The molecule has 0 aliphatic heterocycles. The van der Waals surface area contributed by atoms with Crippen LogP contribution in [0.1, 0.15) is 23.1 Å². The summed E-state index contributed by atoms with van der Waals surface area (Å²) in [6, 6.07) is 3.95. The lowest BCUT2D eigenvalue weighted by Gasteiger charge is -2.22. The summed E-state index contributed by atoms with van der Waals surface area (Å²) in [4.78, 5) is 0. The zero-order valence-electron chi connectivity index (χ0n) is 8.14. The van der Waals surface area contributed by atoms with Crippen LogP contribution in [0, 0.1) is 0 Å². The number of aryl methyl sites for hydroxylation is 1. The number of alkyl halides is 3. The van der Waals surface area contributed by atoms with Crippen LogP contribution in [0.2, 0.25) is 0 Å². The number of rotatable bonds is 0. The highest BCUT2D eigenvalue weighted by atomic mass is 19.4. The summed E-state index contributed by atoms with van der Waals surface area (Å²) in [6.07, 6.45) is -2.05. The molecule has 0 amide bonds. The highest BCUT2D eigenvalue weighted by molar-refractivity contribution is 5.35. The minimum Gasteiger partial charge on any atom is -0.327 e. The van der Waals surface area contributed by atoms with Gasteiger partial charge in [-0.2, -0.15) is 13.2 Å². The maximum Gasteiger partial charge on any atom is 0.416 e. The monoisotopic (exact) mass is 215 g/mol.